The van der Waals surface area contributed by atoms with Gasteiger partial charge in [-0.2, -0.15) is 10.1 Å². The predicted octanol–water partition coefficient (Wildman–Crippen LogP) is 7.03. The van der Waals surface area contributed by atoms with Crippen molar-refractivity contribution >= 4 is 57.6 Å². The van der Waals surface area contributed by atoms with Crippen LogP contribution in [0, 0.1) is 32.7 Å². The lowest BCUT2D eigenvalue weighted by molar-refractivity contribution is -0.114. The highest BCUT2D eigenvalue weighted by atomic mass is 127. The van der Waals surface area contributed by atoms with E-state index in [4.69, 9.17) is 21.1 Å². The minimum atomic E-state index is -2.33. The number of hydrogen-bond donors (Lipinski definition) is 0. The average molecular weight is 649 g/mol. The lowest BCUT2D eigenvalue weighted by atomic mass is 10.1. The van der Waals surface area contributed by atoms with Crippen LogP contribution in [0.15, 0.2) is 47.1 Å². The predicted molar refractivity (Wildman–Crippen MR) is 136 cm³/mol. The van der Waals surface area contributed by atoms with Gasteiger partial charge in [-0.3, -0.25) is 4.79 Å². The number of carbonyl (C=O) groups excluding carboxylic acids is 1. The average Bonchev–Trinajstić information content (AvgIpc) is 3.14. The lowest BCUT2D eigenvalue weighted by Crippen LogP contribution is -2.25. The fraction of sp³-hybridized carbons (Fsp3) is 0.120. The molecule has 0 aromatic heterocycles. The van der Waals surface area contributed by atoms with E-state index in [-0.39, 0.29) is 22.9 Å². The summed E-state index contributed by atoms with van der Waals surface area (Å²) in [4.78, 5) is 12.9. The van der Waals surface area contributed by atoms with E-state index in [9.17, 15) is 26.7 Å². The van der Waals surface area contributed by atoms with Gasteiger partial charge in [0.05, 0.1) is 22.0 Å². The molecule has 0 fully saturated rings. The standard InChI is InChI=1S/C25H15ClF5IN2O3/c1-11-14(25(35)34(33-11)23-21(30)19(28)18(27)20(29)22(23)31)7-12-8-16(32)24(17(9-12)36-2)37-10-13-5-3-4-6-15(13)26/h3-9H,10H2,1-2H3/b14-7+. The minimum Gasteiger partial charge on any atom is -0.493 e. The smallest absolute Gasteiger partial charge is 0.280 e. The number of carbonyl (C=O) groups is 1. The highest BCUT2D eigenvalue weighted by Gasteiger charge is 2.37. The molecule has 0 saturated carbocycles. The van der Waals surface area contributed by atoms with Gasteiger partial charge in [-0.1, -0.05) is 29.8 Å². The number of rotatable bonds is 6. The Hall–Kier alpha value is -3.19. The lowest BCUT2D eigenvalue weighted by Gasteiger charge is -2.15. The first-order valence-corrected chi connectivity index (χ1v) is 11.9. The highest BCUT2D eigenvalue weighted by Crippen LogP contribution is 2.37. The maximum absolute atomic E-state index is 14.3. The largest absolute Gasteiger partial charge is 0.493 e. The van der Waals surface area contributed by atoms with E-state index in [0.717, 1.165) is 5.56 Å². The summed E-state index contributed by atoms with van der Waals surface area (Å²) in [5, 5.41) is 4.42. The van der Waals surface area contributed by atoms with Crippen LogP contribution in [0.3, 0.4) is 0 Å². The summed E-state index contributed by atoms with van der Waals surface area (Å²) in [6.07, 6.45) is 1.36. The molecule has 0 aliphatic carbocycles. The Bertz CT molecular complexity index is 1470. The molecule has 0 saturated heterocycles. The Balaban J connectivity index is 1.67. The van der Waals surface area contributed by atoms with Crippen LogP contribution in [0.5, 0.6) is 11.5 Å². The third kappa shape index (κ3) is 5.01. The van der Waals surface area contributed by atoms with Gasteiger partial charge in [-0.05, 0) is 59.4 Å². The van der Waals surface area contributed by atoms with Crippen molar-refractivity contribution in [1.82, 2.24) is 0 Å². The maximum atomic E-state index is 14.3. The maximum Gasteiger partial charge on any atom is 0.280 e. The second kappa shape index (κ2) is 10.7. The first kappa shape index (κ1) is 26.9. The molecule has 4 rings (SSSR count). The van der Waals surface area contributed by atoms with Crippen molar-refractivity contribution in [2.75, 3.05) is 12.1 Å². The summed E-state index contributed by atoms with van der Waals surface area (Å²) < 4.78 is 81.3. The van der Waals surface area contributed by atoms with Gasteiger partial charge < -0.3 is 9.47 Å². The van der Waals surface area contributed by atoms with Crippen molar-refractivity contribution in [2.45, 2.75) is 13.5 Å². The van der Waals surface area contributed by atoms with Crippen molar-refractivity contribution in [3.8, 4) is 11.5 Å². The zero-order chi connectivity index (χ0) is 27.0. The molecule has 1 aliphatic rings. The van der Waals surface area contributed by atoms with Crippen LogP contribution in [0.1, 0.15) is 18.1 Å². The van der Waals surface area contributed by atoms with Crippen molar-refractivity contribution in [2.24, 2.45) is 5.10 Å². The molecular weight excluding hydrogens is 634 g/mol. The van der Waals surface area contributed by atoms with Gasteiger partial charge in [0.1, 0.15) is 12.3 Å². The van der Waals surface area contributed by atoms with Crippen LogP contribution in [-0.2, 0) is 11.4 Å². The summed E-state index contributed by atoms with van der Waals surface area (Å²) in [5.74, 6) is -11.4. The molecule has 5 nitrogen and oxygen atoms in total. The molecule has 192 valence electrons. The number of anilines is 1. The van der Waals surface area contributed by atoms with Gasteiger partial charge >= 0.3 is 0 Å². The number of nitrogens with zero attached hydrogens (tertiary/aromatic N) is 2. The van der Waals surface area contributed by atoms with Crippen LogP contribution in [0.2, 0.25) is 5.02 Å². The number of ether oxygens (including phenoxy) is 2. The fourth-order valence-electron chi connectivity index (χ4n) is 3.51. The van der Waals surface area contributed by atoms with Crippen LogP contribution >= 0.6 is 34.2 Å². The molecule has 37 heavy (non-hydrogen) atoms. The summed E-state index contributed by atoms with van der Waals surface area (Å²) in [5.41, 5.74) is -0.388. The van der Waals surface area contributed by atoms with Crippen molar-refractivity contribution < 1.29 is 36.2 Å². The number of hydrogen-bond acceptors (Lipinski definition) is 4. The molecule has 0 atom stereocenters. The zero-order valence-electron chi connectivity index (χ0n) is 19.0. The van der Waals surface area contributed by atoms with Gasteiger partial charge in [0.2, 0.25) is 5.82 Å². The number of benzene rings is 3. The molecular formula is C25H15ClF5IN2O3. The SMILES string of the molecule is COc1cc(/C=C2/C(=O)N(c3c(F)c(F)c(F)c(F)c3F)N=C2C)cc(I)c1OCc1ccccc1Cl. The fourth-order valence-corrected chi connectivity index (χ4v) is 4.48. The second-order valence-electron chi connectivity index (χ2n) is 7.69. The van der Waals surface area contributed by atoms with E-state index in [1.165, 1.54) is 20.1 Å². The minimum absolute atomic E-state index is 0.00182. The third-order valence-corrected chi connectivity index (χ3v) is 6.52. The molecule has 3 aromatic rings. The molecule has 0 spiro atoms. The molecule has 1 aliphatic heterocycles. The summed E-state index contributed by atoms with van der Waals surface area (Å²) >= 11 is 8.18. The van der Waals surface area contributed by atoms with E-state index < -0.39 is 40.7 Å². The highest BCUT2D eigenvalue weighted by molar-refractivity contribution is 14.1. The molecule has 3 aromatic carbocycles. The summed E-state index contributed by atoms with van der Waals surface area (Å²) in [6, 6.07) is 10.4. The number of amides is 1. The summed E-state index contributed by atoms with van der Waals surface area (Å²) in [7, 11) is 1.42. The topological polar surface area (TPSA) is 51.1 Å². The number of methoxy groups -OCH3 is 1. The Labute approximate surface area is 226 Å². The van der Waals surface area contributed by atoms with Crippen LogP contribution < -0.4 is 14.5 Å². The monoisotopic (exact) mass is 648 g/mol. The van der Waals surface area contributed by atoms with E-state index in [0.29, 0.717) is 25.7 Å². The number of halogens is 7. The van der Waals surface area contributed by atoms with Crippen molar-refractivity contribution in [3.05, 3.63) is 90.8 Å². The van der Waals surface area contributed by atoms with Crippen LogP contribution in [-0.4, -0.2) is 18.7 Å². The zero-order valence-corrected chi connectivity index (χ0v) is 21.9. The van der Waals surface area contributed by atoms with E-state index >= 15 is 0 Å². The van der Waals surface area contributed by atoms with Crippen molar-refractivity contribution in [1.29, 1.82) is 0 Å². The Kier molecular flexibility index (Phi) is 7.74. The van der Waals surface area contributed by atoms with E-state index in [1.807, 2.05) is 34.7 Å². The van der Waals surface area contributed by atoms with Gasteiger partial charge in [-0.25, -0.2) is 22.0 Å². The molecule has 0 radical (unpaired) electrons. The van der Waals surface area contributed by atoms with Crippen molar-refractivity contribution in [3.63, 3.8) is 0 Å². The van der Waals surface area contributed by atoms with Gasteiger partial charge in [0, 0.05) is 10.6 Å². The number of hydrazone groups is 1. The van der Waals surface area contributed by atoms with Gasteiger partial charge in [0.15, 0.2) is 34.8 Å². The second-order valence-corrected chi connectivity index (χ2v) is 9.26. The van der Waals surface area contributed by atoms with E-state index in [1.54, 1.807) is 24.3 Å². The Morgan fingerprint density at radius 2 is 1.65 bits per heavy atom. The molecule has 1 heterocycles. The van der Waals surface area contributed by atoms with Gasteiger partial charge in [0.25, 0.3) is 5.91 Å². The molecule has 0 N–H and O–H groups in total. The van der Waals surface area contributed by atoms with Crippen LogP contribution in [0.4, 0.5) is 27.6 Å². The molecule has 12 heteroatoms. The molecule has 0 unspecified atom stereocenters. The quantitative estimate of drug-likeness (QED) is 0.0949. The molecule has 0 bridgehead atoms. The summed E-state index contributed by atoms with van der Waals surface area (Å²) in [6.45, 7) is 1.52. The van der Waals surface area contributed by atoms with E-state index in [2.05, 4.69) is 5.10 Å². The van der Waals surface area contributed by atoms with Crippen LogP contribution in [0.25, 0.3) is 6.08 Å². The first-order valence-electron chi connectivity index (χ1n) is 10.4. The normalized spacial score (nSPS) is 14.4. The third-order valence-electron chi connectivity index (χ3n) is 5.35. The Morgan fingerprint density at radius 1 is 1.03 bits per heavy atom. The first-order chi connectivity index (χ1) is 17.5. The Morgan fingerprint density at radius 3 is 2.27 bits per heavy atom. The van der Waals surface area contributed by atoms with Gasteiger partial charge in [-0.15, -0.1) is 0 Å². The molecule has 1 amide bonds.